The van der Waals surface area contributed by atoms with Gasteiger partial charge in [0.25, 0.3) is 5.91 Å². The summed E-state index contributed by atoms with van der Waals surface area (Å²) in [6.07, 6.45) is 0. The van der Waals surface area contributed by atoms with E-state index in [4.69, 9.17) is 0 Å². The van der Waals surface area contributed by atoms with Crippen molar-refractivity contribution in [3.05, 3.63) is 58.0 Å². The molecule has 2 heterocycles. The van der Waals surface area contributed by atoms with E-state index in [1.807, 2.05) is 37.4 Å². The van der Waals surface area contributed by atoms with Crippen molar-refractivity contribution in [3.63, 3.8) is 0 Å². The average molecular weight is 393 g/mol. The predicted molar refractivity (Wildman–Crippen MR) is 104 cm³/mol. The fraction of sp³-hybridized carbons (Fsp3) is 0.368. The summed E-state index contributed by atoms with van der Waals surface area (Å²) < 4.78 is 13.6. The summed E-state index contributed by atoms with van der Waals surface area (Å²) in [5.41, 5.74) is 0.779. The number of nitrogens with zero attached hydrogens (tertiary/aromatic N) is 2. The summed E-state index contributed by atoms with van der Waals surface area (Å²) >= 11 is 2.91. The second-order valence-corrected chi connectivity index (χ2v) is 8.39. The van der Waals surface area contributed by atoms with Crippen LogP contribution in [0.5, 0.6) is 0 Å². The topological polar surface area (TPSA) is 40.6 Å². The third kappa shape index (κ3) is 4.10. The zero-order valence-corrected chi connectivity index (χ0v) is 16.4. The maximum atomic E-state index is 13.6. The number of benzene rings is 1. The molecule has 3 rings (SSSR count). The molecule has 1 saturated heterocycles. The average Bonchev–Trinajstić information content (AvgIpc) is 3.25. The molecule has 1 aliphatic rings. The number of rotatable bonds is 6. The van der Waals surface area contributed by atoms with Crippen LogP contribution in [-0.4, -0.2) is 46.5 Å². The zero-order valence-electron chi connectivity index (χ0n) is 14.7. The fourth-order valence-corrected chi connectivity index (χ4v) is 4.87. The third-order valence-corrected chi connectivity index (χ3v) is 6.41. The van der Waals surface area contributed by atoms with Crippen molar-refractivity contribution in [3.8, 4) is 0 Å². The molecule has 0 bridgehead atoms. The van der Waals surface area contributed by atoms with Crippen LogP contribution in [0.25, 0.3) is 0 Å². The Morgan fingerprint density at radius 2 is 2.15 bits per heavy atom. The van der Waals surface area contributed by atoms with E-state index < -0.39 is 0 Å². The highest BCUT2D eigenvalue weighted by molar-refractivity contribution is 8.00. The van der Waals surface area contributed by atoms with E-state index in [0.717, 1.165) is 5.56 Å². The highest BCUT2D eigenvalue weighted by Crippen LogP contribution is 2.38. The minimum Gasteiger partial charge on any atom is -0.334 e. The SMILES string of the molecule is CC(C)N(CCN1C(=O)CSC1c1cccc(F)c1)C(=O)c1cccs1. The molecule has 1 aliphatic heterocycles. The number of carbonyl (C=O) groups excluding carboxylic acids is 2. The van der Waals surface area contributed by atoms with Crippen molar-refractivity contribution in [2.24, 2.45) is 0 Å². The number of thiophene rings is 1. The zero-order chi connectivity index (χ0) is 18.7. The van der Waals surface area contributed by atoms with Gasteiger partial charge < -0.3 is 9.80 Å². The van der Waals surface area contributed by atoms with Crippen LogP contribution in [0.15, 0.2) is 41.8 Å². The van der Waals surface area contributed by atoms with E-state index >= 15 is 0 Å². The van der Waals surface area contributed by atoms with Crippen LogP contribution in [0.2, 0.25) is 0 Å². The van der Waals surface area contributed by atoms with Gasteiger partial charge in [-0.15, -0.1) is 23.1 Å². The molecule has 138 valence electrons. The number of carbonyl (C=O) groups is 2. The van der Waals surface area contributed by atoms with Gasteiger partial charge in [-0.2, -0.15) is 0 Å². The Hall–Kier alpha value is -1.86. The quantitative estimate of drug-likeness (QED) is 0.746. The summed E-state index contributed by atoms with van der Waals surface area (Å²) in [7, 11) is 0. The van der Waals surface area contributed by atoms with Gasteiger partial charge in [0.15, 0.2) is 0 Å². The normalized spacial score (nSPS) is 17.2. The standard InChI is InChI=1S/C19H21FN2O2S2/c1-13(2)21(18(24)16-7-4-10-25-16)8-9-22-17(23)12-26-19(22)14-5-3-6-15(20)11-14/h3-7,10-11,13,19H,8-9,12H2,1-2H3. The summed E-state index contributed by atoms with van der Waals surface area (Å²) in [6, 6.07) is 10.1. The Balaban J connectivity index is 1.73. The maximum absolute atomic E-state index is 13.6. The van der Waals surface area contributed by atoms with Crippen molar-refractivity contribution < 1.29 is 14.0 Å². The molecule has 0 N–H and O–H groups in total. The van der Waals surface area contributed by atoms with Gasteiger partial charge in [-0.3, -0.25) is 9.59 Å². The number of amides is 2. The molecule has 0 radical (unpaired) electrons. The van der Waals surface area contributed by atoms with Crippen LogP contribution >= 0.6 is 23.1 Å². The summed E-state index contributed by atoms with van der Waals surface area (Å²) in [6.45, 7) is 4.82. The van der Waals surface area contributed by atoms with Crippen molar-refractivity contribution in [2.75, 3.05) is 18.8 Å². The van der Waals surface area contributed by atoms with E-state index in [1.165, 1.54) is 35.2 Å². The van der Waals surface area contributed by atoms with E-state index in [9.17, 15) is 14.0 Å². The summed E-state index contributed by atoms with van der Waals surface area (Å²) in [5.74, 6) is 0.0778. The van der Waals surface area contributed by atoms with Crippen LogP contribution in [0.4, 0.5) is 4.39 Å². The first-order chi connectivity index (χ1) is 12.5. The lowest BCUT2D eigenvalue weighted by Gasteiger charge is -2.31. The first-order valence-electron chi connectivity index (χ1n) is 8.48. The molecule has 1 unspecified atom stereocenters. The summed E-state index contributed by atoms with van der Waals surface area (Å²) in [5, 5.41) is 1.68. The number of hydrogen-bond acceptors (Lipinski definition) is 4. The van der Waals surface area contributed by atoms with Gasteiger partial charge in [0.2, 0.25) is 5.91 Å². The monoisotopic (exact) mass is 392 g/mol. The predicted octanol–water partition coefficient (Wildman–Crippen LogP) is 4.01. The number of hydrogen-bond donors (Lipinski definition) is 0. The molecule has 1 atom stereocenters. The van der Waals surface area contributed by atoms with Crippen molar-refractivity contribution in [1.29, 1.82) is 0 Å². The lowest BCUT2D eigenvalue weighted by atomic mass is 10.2. The molecule has 7 heteroatoms. The first kappa shape index (κ1) is 18.9. The lowest BCUT2D eigenvalue weighted by molar-refractivity contribution is -0.128. The highest BCUT2D eigenvalue weighted by atomic mass is 32.2. The number of thioether (sulfide) groups is 1. The van der Waals surface area contributed by atoms with Crippen LogP contribution < -0.4 is 0 Å². The van der Waals surface area contributed by atoms with E-state index in [0.29, 0.717) is 23.7 Å². The maximum Gasteiger partial charge on any atom is 0.264 e. The van der Waals surface area contributed by atoms with E-state index in [1.54, 1.807) is 15.9 Å². The van der Waals surface area contributed by atoms with E-state index in [-0.39, 0.29) is 29.0 Å². The second-order valence-electron chi connectivity index (χ2n) is 6.38. The Kier molecular flexibility index (Phi) is 5.98. The molecule has 4 nitrogen and oxygen atoms in total. The van der Waals surface area contributed by atoms with Crippen molar-refractivity contribution >= 4 is 34.9 Å². The van der Waals surface area contributed by atoms with Crippen molar-refractivity contribution in [1.82, 2.24) is 9.80 Å². The lowest BCUT2D eigenvalue weighted by Crippen LogP contribution is -2.43. The molecule has 26 heavy (non-hydrogen) atoms. The van der Waals surface area contributed by atoms with Gasteiger partial charge in [0, 0.05) is 19.1 Å². The third-order valence-electron chi connectivity index (χ3n) is 4.30. The Labute approximate surface area is 161 Å². The first-order valence-corrected chi connectivity index (χ1v) is 10.4. The molecular formula is C19H21FN2O2S2. The largest absolute Gasteiger partial charge is 0.334 e. The second kappa shape index (κ2) is 8.22. The van der Waals surface area contributed by atoms with Gasteiger partial charge in [-0.25, -0.2) is 4.39 Å². The number of halogens is 1. The van der Waals surface area contributed by atoms with E-state index in [2.05, 4.69) is 0 Å². The Morgan fingerprint density at radius 3 is 2.81 bits per heavy atom. The minimum atomic E-state index is -0.306. The molecule has 1 aromatic carbocycles. The molecule has 0 aliphatic carbocycles. The van der Waals surface area contributed by atoms with Crippen LogP contribution in [0, 0.1) is 5.82 Å². The van der Waals surface area contributed by atoms with Crippen molar-refractivity contribution in [2.45, 2.75) is 25.3 Å². The molecular weight excluding hydrogens is 371 g/mol. The molecule has 1 aromatic heterocycles. The Bertz CT molecular complexity index is 780. The molecule has 0 saturated carbocycles. The smallest absolute Gasteiger partial charge is 0.264 e. The van der Waals surface area contributed by atoms with Crippen LogP contribution in [0.3, 0.4) is 0 Å². The van der Waals surface area contributed by atoms with Gasteiger partial charge >= 0.3 is 0 Å². The molecule has 2 amide bonds. The van der Waals surface area contributed by atoms with Gasteiger partial charge in [-0.1, -0.05) is 18.2 Å². The highest BCUT2D eigenvalue weighted by Gasteiger charge is 2.33. The fourth-order valence-electron chi connectivity index (χ4n) is 2.98. The molecule has 0 spiro atoms. The minimum absolute atomic E-state index is 0.0170. The van der Waals surface area contributed by atoms with Gasteiger partial charge in [0.1, 0.15) is 11.2 Å². The van der Waals surface area contributed by atoms with Gasteiger partial charge in [0.05, 0.1) is 10.6 Å². The van der Waals surface area contributed by atoms with Crippen LogP contribution in [0.1, 0.15) is 34.5 Å². The molecule has 1 fully saturated rings. The Morgan fingerprint density at radius 1 is 1.35 bits per heavy atom. The van der Waals surface area contributed by atoms with Gasteiger partial charge in [-0.05, 0) is 43.0 Å². The summed E-state index contributed by atoms with van der Waals surface area (Å²) in [4.78, 5) is 29.3. The molecule has 2 aromatic rings. The van der Waals surface area contributed by atoms with Crippen LogP contribution in [-0.2, 0) is 4.79 Å².